The van der Waals surface area contributed by atoms with Crippen LogP contribution in [0, 0.1) is 24.0 Å². The molecule has 0 unspecified atom stereocenters. The first kappa shape index (κ1) is 23.7. The van der Waals surface area contributed by atoms with Crippen LogP contribution in [0.1, 0.15) is 28.4 Å². The normalized spacial score (nSPS) is 11.0. The predicted octanol–water partition coefficient (Wildman–Crippen LogP) is 4.66. The maximum absolute atomic E-state index is 12.8. The van der Waals surface area contributed by atoms with Gasteiger partial charge in [-0.3, -0.25) is 19.6 Å². The summed E-state index contributed by atoms with van der Waals surface area (Å²) in [7, 11) is -3.83. The number of para-hydroxylation sites is 1. The highest BCUT2D eigenvalue weighted by Crippen LogP contribution is 2.29. The van der Waals surface area contributed by atoms with E-state index in [-0.39, 0.29) is 28.5 Å². The van der Waals surface area contributed by atoms with E-state index in [0.29, 0.717) is 11.4 Å². The molecule has 0 aliphatic rings. The monoisotopic (exact) mass is 469 g/mol. The Hall–Kier alpha value is -3.92. The van der Waals surface area contributed by atoms with Gasteiger partial charge in [-0.25, -0.2) is 8.42 Å². The maximum atomic E-state index is 12.8. The molecule has 3 aromatic carbocycles. The van der Waals surface area contributed by atoms with Crippen molar-refractivity contribution in [3.63, 3.8) is 0 Å². The Morgan fingerprint density at radius 3 is 2.24 bits per heavy atom. The Bertz CT molecular complexity index is 1280. The molecule has 0 atom stereocenters. The number of amides is 1. The summed E-state index contributed by atoms with van der Waals surface area (Å²) in [4.78, 5) is 23.2. The van der Waals surface area contributed by atoms with Crippen molar-refractivity contribution in [1.29, 1.82) is 0 Å². The summed E-state index contributed by atoms with van der Waals surface area (Å²) in [5.41, 5.74) is 2.20. The van der Waals surface area contributed by atoms with Gasteiger partial charge in [0.05, 0.1) is 22.1 Å². The zero-order valence-electron chi connectivity index (χ0n) is 18.3. The second kappa shape index (κ2) is 9.70. The molecular formula is C23H23N3O6S. The van der Waals surface area contributed by atoms with Crippen molar-refractivity contribution >= 4 is 33.0 Å². The average Bonchev–Trinajstić information content (AvgIpc) is 2.77. The zero-order valence-corrected chi connectivity index (χ0v) is 19.1. The quantitative estimate of drug-likeness (QED) is 0.365. The van der Waals surface area contributed by atoms with E-state index in [1.54, 1.807) is 6.92 Å². The standard InChI is InChI=1S/C23H23N3O6S/c1-4-32-21-13-8-17(14-20(21)26(28)29)23(27)24-18-9-11-19(12-10-18)33(30,31)25-22-15(2)6-5-7-16(22)3/h5-14,25H,4H2,1-3H3,(H,24,27). The number of carbonyl (C=O) groups is 1. The van der Waals surface area contributed by atoms with E-state index >= 15 is 0 Å². The molecule has 0 aromatic heterocycles. The first-order chi connectivity index (χ1) is 15.6. The Morgan fingerprint density at radius 2 is 1.67 bits per heavy atom. The number of hydrogen-bond acceptors (Lipinski definition) is 6. The van der Waals surface area contributed by atoms with Crippen LogP contribution in [0.15, 0.2) is 65.6 Å². The second-order valence-electron chi connectivity index (χ2n) is 7.22. The van der Waals surface area contributed by atoms with Crippen molar-refractivity contribution in [2.75, 3.05) is 16.6 Å². The Morgan fingerprint density at radius 1 is 1.03 bits per heavy atom. The Labute approximate surface area is 191 Å². The molecule has 172 valence electrons. The third-order valence-corrected chi connectivity index (χ3v) is 6.22. The molecule has 33 heavy (non-hydrogen) atoms. The van der Waals surface area contributed by atoms with Gasteiger partial charge >= 0.3 is 5.69 Å². The number of aryl methyl sites for hydroxylation is 2. The highest BCUT2D eigenvalue weighted by atomic mass is 32.2. The van der Waals surface area contributed by atoms with Gasteiger partial charge in [-0.15, -0.1) is 0 Å². The van der Waals surface area contributed by atoms with Gasteiger partial charge in [0.25, 0.3) is 15.9 Å². The minimum absolute atomic E-state index is 0.0276. The molecule has 2 N–H and O–H groups in total. The van der Waals surface area contributed by atoms with Crippen LogP contribution in [0.3, 0.4) is 0 Å². The van der Waals surface area contributed by atoms with Gasteiger partial charge in [0, 0.05) is 17.3 Å². The van der Waals surface area contributed by atoms with Gasteiger partial charge in [-0.1, -0.05) is 18.2 Å². The van der Waals surface area contributed by atoms with Crippen LogP contribution in [0.4, 0.5) is 17.1 Å². The van der Waals surface area contributed by atoms with Crippen LogP contribution in [0.5, 0.6) is 5.75 Å². The Kier molecular flexibility index (Phi) is 6.98. The lowest BCUT2D eigenvalue weighted by Gasteiger charge is -2.13. The SMILES string of the molecule is CCOc1ccc(C(=O)Nc2ccc(S(=O)(=O)Nc3c(C)cccc3C)cc2)cc1[N+](=O)[O-]. The third kappa shape index (κ3) is 5.47. The lowest BCUT2D eigenvalue weighted by molar-refractivity contribution is -0.385. The van der Waals surface area contributed by atoms with Gasteiger partial charge in [-0.05, 0) is 68.3 Å². The number of hydrogen-bond donors (Lipinski definition) is 2. The predicted molar refractivity (Wildman–Crippen MR) is 125 cm³/mol. The highest BCUT2D eigenvalue weighted by Gasteiger charge is 2.20. The summed E-state index contributed by atoms with van der Waals surface area (Å²) in [5, 5.41) is 13.9. The fraction of sp³-hybridized carbons (Fsp3) is 0.174. The van der Waals surface area contributed by atoms with Crippen molar-refractivity contribution in [2.24, 2.45) is 0 Å². The fourth-order valence-electron chi connectivity index (χ4n) is 3.17. The van der Waals surface area contributed by atoms with E-state index in [0.717, 1.165) is 17.2 Å². The lowest BCUT2D eigenvalue weighted by Crippen LogP contribution is -2.15. The van der Waals surface area contributed by atoms with Crippen LogP contribution >= 0.6 is 0 Å². The molecule has 0 fully saturated rings. The van der Waals surface area contributed by atoms with Gasteiger partial charge in [0.15, 0.2) is 5.75 Å². The Balaban J connectivity index is 1.77. The second-order valence-corrected chi connectivity index (χ2v) is 8.91. The van der Waals surface area contributed by atoms with Crippen molar-refractivity contribution in [3.8, 4) is 5.75 Å². The largest absolute Gasteiger partial charge is 0.487 e. The minimum atomic E-state index is -3.83. The summed E-state index contributed by atoms with van der Waals surface area (Å²) in [6.07, 6.45) is 0. The smallest absolute Gasteiger partial charge is 0.311 e. The molecule has 0 aliphatic heterocycles. The van der Waals surface area contributed by atoms with E-state index < -0.39 is 20.9 Å². The molecule has 0 saturated heterocycles. The van der Waals surface area contributed by atoms with E-state index in [9.17, 15) is 23.3 Å². The van der Waals surface area contributed by atoms with Crippen LogP contribution in [-0.4, -0.2) is 25.9 Å². The molecule has 0 aliphatic carbocycles. The summed E-state index contributed by atoms with van der Waals surface area (Å²) >= 11 is 0. The number of rotatable bonds is 8. The number of nitro benzene ring substituents is 1. The number of sulfonamides is 1. The molecule has 9 nitrogen and oxygen atoms in total. The van der Waals surface area contributed by atoms with E-state index in [1.807, 2.05) is 32.0 Å². The van der Waals surface area contributed by atoms with Crippen LogP contribution < -0.4 is 14.8 Å². The molecule has 0 saturated carbocycles. The number of anilines is 2. The van der Waals surface area contributed by atoms with Crippen LogP contribution in [0.2, 0.25) is 0 Å². The van der Waals surface area contributed by atoms with Gasteiger partial charge in [-0.2, -0.15) is 0 Å². The first-order valence-electron chi connectivity index (χ1n) is 10.0. The number of benzene rings is 3. The van der Waals surface area contributed by atoms with Crippen molar-refractivity contribution in [1.82, 2.24) is 0 Å². The number of nitrogens with one attached hydrogen (secondary N) is 2. The summed E-state index contributed by atoms with van der Waals surface area (Å²) in [6.45, 7) is 5.58. The fourth-order valence-corrected chi connectivity index (χ4v) is 4.37. The molecule has 10 heteroatoms. The number of carbonyl (C=O) groups excluding carboxylic acids is 1. The van der Waals surface area contributed by atoms with Gasteiger partial charge in [0.1, 0.15) is 0 Å². The maximum Gasteiger partial charge on any atom is 0.311 e. The summed E-state index contributed by atoms with van der Waals surface area (Å²) < 4.78 is 33.4. The molecule has 0 spiro atoms. The van der Waals surface area contributed by atoms with Gasteiger partial charge < -0.3 is 10.1 Å². The zero-order chi connectivity index (χ0) is 24.2. The van der Waals surface area contributed by atoms with Gasteiger partial charge in [0.2, 0.25) is 0 Å². The molecule has 0 radical (unpaired) electrons. The number of nitrogens with zero attached hydrogens (tertiary/aromatic N) is 1. The molecule has 0 heterocycles. The van der Waals surface area contributed by atoms with E-state index in [4.69, 9.17) is 4.74 Å². The number of nitro groups is 1. The molecular weight excluding hydrogens is 446 g/mol. The topological polar surface area (TPSA) is 128 Å². The summed E-state index contributed by atoms with van der Waals surface area (Å²) in [5.74, 6) is -0.504. The van der Waals surface area contributed by atoms with Crippen molar-refractivity contribution in [3.05, 3.63) is 87.5 Å². The van der Waals surface area contributed by atoms with Crippen molar-refractivity contribution in [2.45, 2.75) is 25.7 Å². The lowest BCUT2D eigenvalue weighted by atomic mass is 10.1. The average molecular weight is 470 g/mol. The van der Waals surface area contributed by atoms with E-state index in [1.165, 1.54) is 36.4 Å². The third-order valence-electron chi connectivity index (χ3n) is 4.86. The summed E-state index contributed by atoms with van der Waals surface area (Å²) in [6, 6.07) is 15.0. The molecule has 0 bridgehead atoms. The first-order valence-corrected chi connectivity index (χ1v) is 11.5. The molecule has 1 amide bonds. The van der Waals surface area contributed by atoms with Crippen molar-refractivity contribution < 1.29 is 22.9 Å². The van der Waals surface area contributed by atoms with E-state index in [2.05, 4.69) is 10.0 Å². The minimum Gasteiger partial charge on any atom is -0.487 e. The molecule has 3 aromatic rings. The number of ether oxygens (including phenoxy) is 1. The van der Waals surface area contributed by atoms with Crippen LogP contribution in [-0.2, 0) is 10.0 Å². The molecule has 3 rings (SSSR count). The van der Waals surface area contributed by atoms with Crippen LogP contribution in [0.25, 0.3) is 0 Å². The highest BCUT2D eigenvalue weighted by molar-refractivity contribution is 7.92.